The number of allylic oxidation sites excluding steroid dienone is 6. The number of amidine groups is 1. The highest BCUT2D eigenvalue weighted by molar-refractivity contribution is 6.31. The zero-order chi connectivity index (χ0) is 16.7. The van der Waals surface area contributed by atoms with Crippen molar-refractivity contribution in [1.29, 1.82) is 0 Å². The summed E-state index contributed by atoms with van der Waals surface area (Å²) in [6.45, 7) is 2.54. The molecular weight excluding hydrogens is 312 g/mol. The summed E-state index contributed by atoms with van der Waals surface area (Å²) in [5, 5.41) is 7.02. The van der Waals surface area contributed by atoms with Gasteiger partial charge in [0.05, 0.1) is 23.0 Å². The highest BCUT2D eigenvalue weighted by Gasteiger charge is 2.14. The van der Waals surface area contributed by atoms with E-state index in [1.165, 1.54) is 0 Å². The van der Waals surface area contributed by atoms with E-state index in [1.807, 2.05) is 25.2 Å². The van der Waals surface area contributed by atoms with Crippen molar-refractivity contribution < 1.29 is 0 Å². The molecule has 6 nitrogen and oxygen atoms in total. The number of nitrogens with two attached hydrogens (primary N) is 1. The van der Waals surface area contributed by atoms with Crippen LogP contribution in [0.3, 0.4) is 0 Å². The Hall–Kier alpha value is -2.34. The molecule has 7 heteroatoms. The highest BCUT2D eigenvalue weighted by Crippen LogP contribution is 2.12. The minimum absolute atomic E-state index is 0.576. The van der Waals surface area contributed by atoms with E-state index < -0.39 is 0 Å². The van der Waals surface area contributed by atoms with Crippen LogP contribution < -0.4 is 16.4 Å². The lowest BCUT2D eigenvalue weighted by atomic mass is 10.1. The lowest BCUT2D eigenvalue weighted by Gasteiger charge is -2.16. The summed E-state index contributed by atoms with van der Waals surface area (Å²) in [4.78, 5) is 13.1. The lowest BCUT2D eigenvalue weighted by molar-refractivity contribution is 0.863. The minimum atomic E-state index is 0.576. The van der Waals surface area contributed by atoms with Gasteiger partial charge in [-0.15, -0.1) is 0 Å². The highest BCUT2D eigenvalue weighted by atomic mass is 35.5. The van der Waals surface area contributed by atoms with Gasteiger partial charge >= 0.3 is 0 Å². The topological polar surface area (TPSA) is 87.2 Å². The number of dihydropyridines is 1. The van der Waals surface area contributed by atoms with E-state index >= 15 is 0 Å². The van der Waals surface area contributed by atoms with E-state index in [-0.39, 0.29) is 0 Å². The summed E-state index contributed by atoms with van der Waals surface area (Å²) in [7, 11) is 1.76. The summed E-state index contributed by atoms with van der Waals surface area (Å²) < 4.78 is 0. The molecule has 0 aromatic carbocycles. The first-order valence-corrected chi connectivity index (χ1v) is 7.70. The molecule has 0 radical (unpaired) electrons. The molecule has 23 heavy (non-hydrogen) atoms. The van der Waals surface area contributed by atoms with Gasteiger partial charge in [-0.2, -0.15) is 0 Å². The average molecular weight is 333 g/mol. The molecule has 0 aromatic heterocycles. The van der Waals surface area contributed by atoms with Crippen molar-refractivity contribution in [2.45, 2.75) is 19.8 Å². The van der Waals surface area contributed by atoms with E-state index in [1.54, 1.807) is 19.6 Å². The first-order valence-electron chi connectivity index (χ1n) is 7.32. The third kappa shape index (κ3) is 5.41. The SMILES string of the molecule is C/N=C1/CC(NC2=CC(Cl)=CNC2)=NC=N/C1=C/C/C=C(\C)N. The molecule has 2 heterocycles. The molecule has 0 amide bonds. The molecule has 0 unspecified atom stereocenters. The molecular formula is C16H21ClN6. The fourth-order valence-electron chi connectivity index (χ4n) is 2.11. The molecule has 0 bridgehead atoms. The van der Waals surface area contributed by atoms with Gasteiger partial charge in [0, 0.05) is 31.1 Å². The molecule has 0 saturated carbocycles. The zero-order valence-electron chi connectivity index (χ0n) is 13.3. The second kappa shape index (κ2) is 8.33. The monoisotopic (exact) mass is 332 g/mol. The summed E-state index contributed by atoms with van der Waals surface area (Å²) in [5.74, 6) is 0.780. The first kappa shape index (κ1) is 17.0. The van der Waals surface area contributed by atoms with Gasteiger partial charge in [0.15, 0.2) is 0 Å². The number of halogens is 1. The van der Waals surface area contributed by atoms with Crippen molar-refractivity contribution in [3.05, 3.63) is 46.6 Å². The molecule has 0 fully saturated rings. The van der Waals surface area contributed by atoms with E-state index in [0.29, 0.717) is 24.4 Å². The minimum Gasteiger partial charge on any atom is -0.403 e. The van der Waals surface area contributed by atoms with Crippen molar-refractivity contribution >= 4 is 29.5 Å². The van der Waals surface area contributed by atoms with Crippen LogP contribution in [0.2, 0.25) is 0 Å². The van der Waals surface area contributed by atoms with Gasteiger partial charge in [-0.3, -0.25) is 4.99 Å². The van der Waals surface area contributed by atoms with Crippen LogP contribution in [0.25, 0.3) is 0 Å². The van der Waals surface area contributed by atoms with Gasteiger partial charge in [0.1, 0.15) is 12.2 Å². The maximum atomic E-state index is 5.99. The van der Waals surface area contributed by atoms with Crippen LogP contribution in [0.4, 0.5) is 0 Å². The normalized spacial score (nSPS) is 22.2. The standard InChI is InChI=1S/C16H21ClN6/c1-11(18)4-3-5-14-15(19-2)7-16(22-10-21-14)23-13-6-12(17)8-20-9-13/h4-6,8,10,20H,3,7,9,18H2,1-2H3,(H,21,22,23)/b11-4+,14-5+,19-15-. The van der Waals surface area contributed by atoms with Crippen molar-refractivity contribution in [2.75, 3.05) is 13.6 Å². The molecule has 0 atom stereocenters. The fourth-order valence-corrected chi connectivity index (χ4v) is 2.32. The van der Waals surface area contributed by atoms with Gasteiger partial charge in [0.2, 0.25) is 0 Å². The maximum Gasteiger partial charge on any atom is 0.118 e. The van der Waals surface area contributed by atoms with E-state index in [2.05, 4.69) is 25.6 Å². The summed E-state index contributed by atoms with van der Waals surface area (Å²) in [5.41, 5.74) is 9.08. The summed E-state index contributed by atoms with van der Waals surface area (Å²) >= 11 is 5.99. The second-order valence-electron chi connectivity index (χ2n) is 5.15. The van der Waals surface area contributed by atoms with Crippen LogP contribution in [0.15, 0.2) is 61.5 Å². The largest absolute Gasteiger partial charge is 0.403 e. The summed E-state index contributed by atoms with van der Waals surface area (Å²) in [6.07, 6.45) is 10.4. The third-order valence-electron chi connectivity index (χ3n) is 3.21. The zero-order valence-corrected chi connectivity index (χ0v) is 14.1. The van der Waals surface area contributed by atoms with E-state index in [0.717, 1.165) is 28.6 Å². The van der Waals surface area contributed by atoms with Crippen LogP contribution >= 0.6 is 11.6 Å². The van der Waals surface area contributed by atoms with Gasteiger partial charge in [0.25, 0.3) is 0 Å². The predicted octanol–water partition coefficient (Wildman–Crippen LogP) is 2.18. The predicted molar refractivity (Wildman–Crippen MR) is 97.7 cm³/mol. The van der Waals surface area contributed by atoms with Crippen molar-refractivity contribution in [2.24, 2.45) is 20.7 Å². The Morgan fingerprint density at radius 1 is 1.57 bits per heavy atom. The van der Waals surface area contributed by atoms with Crippen LogP contribution in [-0.2, 0) is 0 Å². The number of nitrogens with zero attached hydrogens (tertiary/aromatic N) is 3. The van der Waals surface area contributed by atoms with Crippen LogP contribution in [0.5, 0.6) is 0 Å². The van der Waals surface area contributed by atoms with Crippen molar-refractivity contribution in [1.82, 2.24) is 10.6 Å². The molecule has 0 spiro atoms. The Bertz CT molecular complexity index is 660. The Labute approximate surface area is 141 Å². The Morgan fingerprint density at radius 2 is 2.39 bits per heavy atom. The Kier molecular flexibility index (Phi) is 6.17. The number of hydrogen-bond acceptors (Lipinski definition) is 6. The maximum absolute atomic E-state index is 5.99. The van der Waals surface area contributed by atoms with Crippen molar-refractivity contribution in [3.63, 3.8) is 0 Å². The van der Waals surface area contributed by atoms with Crippen LogP contribution in [-0.4, -0.2) is 31.5 Å². The summed E-state index contributed by atoms with van der Waals surface area (Å²) in [6, 6.07) is 0. The average Bonchev–Trinajstić information content (AvgIpc) is 2.69. The Morgan fingerprint density at radius 3 is 3.09 bits per heavy atom. The lowest BCUT2D eigenvalue weighted by Crippen LogP contribution is -2.31. The van der Waals surface area contributed by atoms with Crippen LogP contribution in [0, 0.1) is 0 Å². The first-order chi connectivity index (χ1) is 11.1. The van der Waals surface area contributed by atoms with E-state index in [4.69, 9.17) is 17.3 Å². The van der Waals surface area contributed by atoms with E-state index in [9.17, 15) is 0 Å². The van der Waals surface area contributed by atoms with Gasteiger partial charge < -0.3 is 16.4 Å². The molecule has 4 N–H and O–H groups in total. The quantitative estimate of drug-likeness (QED) is 0.740. The smallest absolute Gasteiger partial charge is 0.118 e. The molecule has 0 saturated heterocycles. The second-order valence-corrected chi connectivity index (χ2v) is 5.58. The number of hydrogen-bond donors (Lipinski definition) is 3. The molecule has 0 aromatic rings. The number of nitrogens with one attached hydrogen (secondary N) is 2. The van der Waals surface area contributed by atoms with Gasteiger partial charge in [-0.25, -0.2) is 9.98 Å². The molecule has 122 valence electrons. The van der Waals surface area contributed by atoms with Gasteiger partial charge in [-0.1, -0.05) is 23.8 Å². The Balaban J connectivity index is 2.08. The van der Waals surface area contributed by atoms with Crippen molar-refractivity contribution in [3.8, 4) is 0 Å². The molecule has 2 aliphatic rings. The molecule has 2 aliphatic heterocycles. The van der Waals surface area contributed by atoms with Gasteiger partial charge in [-0.05, 0) is 19.4 Å². The molecule has 2 rings (SSSR count). The van der Waals surface area contributed by atoms with Crippen LogP contribution in [0.1, 0.15) is 19.8 Å². The third-order valence-corrected chi connectivity index (χ3v) is 3.43. The fraction of sp³-hybridized carbons (Fsp3) is 0.312. The number of aliphatic imine (C=N–C) groups is 3. The molecule has 0 aliphatic carbocycles. The number of rotatable bonds is 3.